The molecule has 1 N–H and O–H groups in total. The molecule has 20 heavy (non-hydrogen) atoms. The lowest BCUT2D eigenvalue weighted by Gasteiger charge is -2.31. The molecular weight excluding hydrogens is 347 g/mol. The van der Waals surface area contributed by atoms with Gasteiger partial charge in [0.25, 0.3) is 0 Å². The largest absolute Gasteiger partial charge is 0.330 e. The second-order valence-corrected chi connectivity index (χ2v) is 5.69. The van der Waals surface area contributed by atoms with E-state index in [-0.39, 0.29) is 18.3 Å². The Balaban J connectivity index is 2.14. The van der Waals surface area contributed by atoms with E-state index in [2.05, 4.69) is 21.2 Å². The Hall–Kier alpha value is -1.59. The van der Waals surface area contributed by atoms with Crippen LogP contribution in [0.1, 0.15) is 0 Å². The number of carbonyl (C=O) groups excluding carboxylic acids is 1. The lowest BCUT2D eigenvalue weighted by atomic mass is 10.1. The second-order valence-electron chi connectivity index (χ2n) is 4.40. The Labute approximate surface area is 128 Å². The predicted octanol–water partition coefficient (Wildman–Crippen LogP) is 4.33. The van der Waals surface area contributed by atoms with Crippen molar-refractivity contribution >= 4 is 50.5 Å². The summed E-state index contributed by atoms with van der Waals surface area (Å²) in [5.41, 5.74) is 1.91. The van der Waals surface area contributed by atoms with Crippen LogP contribution in [0.3, 0.4) is 0 Å². The number of rotatable bonds is 1. The Morgan fingerprint density at radius 2 is 2.10 bits per heavy atom. The number of hydrogen-bond donors (Lipinski definition) is 1. The highest BCUT2D eigenvalue weighted by Crippen LogP contribution is 2.38. The highest BCUT2D eigenvalue weighted by Gasteiger charge is 2.24. The van der Waals surface area contributed by atoms with E-state index < -0.39 is 0 Å². The standard InChI is InChI=1S/C14H9BrClFN2O/c15-10-5-12-13(6-11(10)17)19(7-14(20)18-12)9-3-1-2-8(16)4-9/h1-6H,7H2,(H,18,20). The minimum Gasteiger partial charge on any atom is -0.330 e. The van der Waals surface area contributed by atoms with Gasteiger partial charge < -0.3 is 10.2 Å². The maximum Gasteiger partial charge on any atom is 0.244 e. The number of halogens is 3. The quantitative estimate of drug-likeness (QED) is 0.825. The van der Waals surface area contributed by atoms with Crippen molar-refractivity contribution in [3.8, 4) is 0 Å². The molecule has 3 rings (SSSR count). The monoisotopic (exact) mass is 354 g/mol. The zero-order valence-corrected chi connectivity index (χ0v) is 12.5. The van der Waals surface area contributed by atoms with Gasteiger partial charge in [-0.3, -0.25) is 4.79 Å². The van der Waals surface area contributed by atoms with Crippen molar-refractivity contribution in [1.82, 2.24) is 0 Å². The number of nitrogens with zero attached hydrogens (tertiary/aromatic N) is 1. The number of nitrogens with one attached hydrogen (secondary N) is 1. The topological polar surface area (TPSA) is 32.3 Å². The van der Waals surface area contributed by atoms with Crippen LogP contribution < -0.4 is 10.2 Å². The Kier molecular flexibility index (Phi) is 3.40. The van der Waals surface area contributed by atoms with Crippen LogP contribution >= 0.6 is 27.5 Å². The van der Waals surface area contributed by atoms with Crippen molar-refractivity contribution in [2.24, 2.45) is 0 Å². The van der Waals surface area contributed by atoms with Crippen molar-refractivity contribution in [1.29, 1.82) is 0 Å². The Morgan fingerprint density at radius 1 is 1.30 bits per heavy atom. The Morgan fingerprint density at radius 3 is 2.85 bits per heavy atom. The van der Waals surface area contributed by atoms with Crippen LogP contribution in [-0.4, -0.2) is 12.5 Å². The molecule has 2 aromatic rings. The molecule has 6 heteroatoms. The van der Waals surface area contributed by atoms with Gasteiger partial charge in [-0.1, -0.05) is 17.7 Å². The predicted molar refractivity (Wildman–Crippen MR) is 81.2 cm³/mol. The number of anilines is 3. The molecule has 0 unspecified atom stereocenters. The number of fused-ring (bicyclic) bond motifs is 1. The lowest BCUT2D eigenvalue weighted by molar-refractivity contribution is -0.115. The van der Waals surface area contributed by atoms with Gasteiger partial charge in [0.05, 0.1) is 15.8 Å². The van der Waals surface area contributed by atoms with Crippen LogP contribution in [0.4, 0.5) is 21.5 Å². The molecular formula is C14H9BrClFN2O. The molecule has 1 amide bonds. The summed E-state index contributed by atoms with van der Waals surface area (Å²) in [5, 5.41) is 3.29. The maximum absolute atomic E-state index is 13.8. The van der Waals surface area contributed by atoms with Gasteiger partial charge in [0, 0.05) is 16.8 Å². The molecule has 3 nitrogen and oxygen atoms in total. The molecule has 1 aliphatic rings. The van der Waals surface area contributed by atoms with E-state index in [0.717, 1.165) is 5.69 Å². The molecule has 0 bridgehead atoms. The Bertz CT molecular complexity index is 708. The first-order valence-corrected chi connectivity index (χ1v) is 7.04. The minimum absolute atomic E-state index is 0.119. The molecule has 1 heterocycles. The third kappa shape index (κ3) is 2.39. The lowest BCUT2D eigenvalue weighted by Crippen LogP contribution is -2.35. The van der Waals surface area contributed by atoms with E-state index in [1.165, 1.54) is 6.07 Å². The van der Waals surface area contributed by atoms with Crippen LogP contribution in [-0.2, 0) is 4.79 Å². The van der Waals surface area contributed by atoms with Gasteiger partial charge in [0.1, 0.15) is 12.4 Å². The average Bonchev–Trinajstić information content (AvgIpc) is 2.40. The highest BCUT2D eigenvalue weighted by molar-refractivity contribution is 9.10. The summed E-state index contributed by atoms with van der Waals surface area (Å²) in [7, 11) is 0. The third-order valence-electron chi connectivity index (χ3n) is 3.03. The maximum atomic E-state index is 13.8. The summed E-state index contributed by atoms with van der Waals surface area (Å²) in [6.45, 7) is 0.119. The zero-order chi connectivity index (χ0) is 14.3. The van der Waals surface area contributed by atoms with Gasteiger partial charge in [-0.25, -0.2) is 4.39 Å². The first kappa shape index (κ1) is 13.4. The summed E-state index contributed by atoms with van der Waals surface area (Å²) in [5.74, 6) is -0.539. The molecule has 1 aliphatic heterocycles. The summed E-state index contributed by atoms with van der Waals surface area (Å²) < 4.78 is 14.1. The van der Waals surface area contributed by atoms with E-state index in [1.807, 2.05) is 6.07 Å². The molecule has 0 saturated carbocycles. The highest BCUT2D eigenvalue weighted by atomic mass is 79.9. The van der Waals surface area contributed by atoms with Crippen molar-refractivity contribution in [2.75, 3.05) is 16.8 Å². The molecule has 0 aromatic heterocycles. The molecule has 102 valence electrons. The van der Waals surface area contributed by atoms with Crippen LogP contribution in [0.5, 0.6) is 0 Å². The summed E-state index contributed by atoms with van der Waals surface area (Å²) >= 11 is 9.09. The fourth-order valence-corrected chi connectivity index (χ4v) is 2.68. The van der Waals surface area contributed by atoms with Crippen LogP contribution in [0.2, 0.25) is 5.02 Å². The van der Waals surface area contributed by atoms with E-state index in [1.54, 1.807) is 29.2 Å². The van der Waals surface area contributed by atoms with Crippen molar-refractivity contribution in [3.05, 3.63) is 51.7 Å². The number of benzene rings is 2. The minimum atomic E-state index is -0.382. The van der Waals surface area contributed by atoms with Gasteiger partial charge >= 0.3 is 0 Å². The molecule has 0 radical (unpaired) electrons. The van der Waals surface area contributed by atoms with Gasteiger partial charge in [-0.05, 0) is 40.2 Å². The number of amides is 1. The first-order chi connectivity index (χ1) is 9.54. The van der Waals surface area contributed by atoms with Crippen LogP contribution in [0.15, 0.2) is 40.9 Å². The molecule has 0 spiro atoms. The van der Waals surface area contributed by atoms with Gasteiger partial charge in [-0.15, -0.1) is 0 Å². The normalized spacial score (nSPS) is 13.9. The van der Waals surface area contributed by atoms with E-state index >= 15 is 0 Å². The van der Waals surface area contributed by atoms with Crippen molar-refractivity contribution in [2.45, 2.75) is 0 Å². The molecule has 0 atom stereocenters. The van der Waals surface area contributed by atoms with E-state index in [9.17, 15) is 9.18 Å². The average molecular weight is 356 g/mol. The van der Waals surface area contributed by atoms with Crippen LogP contribution in [0.25, 0.3) is 0 Å². The molecule has 0 aliphatic carbocycles. The summed E-state index contributed by atoms with van der Waals surface area (Å²) in [6.07, 6.45) is 0. The smallest absolute Gasteiger partial charge is 0.244 e. The molecule has 0 saturated heterocycles. The third-order valence-corrected chi connectivity index (χ3v) is 3.87. The van der Waals surface area contributed by atoms with Crippen LogP contribution in [0, 0.1) is 5.82 Å². The molecule has 2 aromatic carbocycles. The van der Waals surface area contributed by atoms with Gasteiger partial charge in [0.2, 0.25) is 5.91 Å². The van der Waals surface area contributed by atoms with E-state index in [0.29, 0.717) is 20.9 Å². The second kappa shape index (κ2) is 5.07. The number of hydrogen-bond acceptors (Lipinski definition) is 2. The fourth-order valence-electron chi connectivity index (χ4n) is 2.15. The fraction of sp³-hybridized carbons (Fsp3) is 0.0714. The van der Waals surface area contributed by atoms with E-state index in [4.69, 9.17) is 11.6 Å². The molecule has 0 fully saturated rings. The first-order valence-electron chi connectivity index (χ1n) is 5.86. The van der Waals surface area contributed by atoms with Gasteiger partial charge in [-0.2, -0.15) is 0 Å². The van der Waals surface area contributed by atoms with Crippen molar-refractivity contribution < 1.29 is 9.18 Å². The SMILES string of the molecule is O=C1CN(c2cccc(Cl)c2)c2cc(F)c(Br)cc2N1. The van der Waals surface area contributed by atoms with Crippen molar-refractivity contribution in [3.63, 3.8) is 0 Å². The van der Waals surface area contributed by atoms with Gasteiger partial charge in [0.15, 0.2) is 0 Å². The summed E-state index contributed by atoms with van der Waals surface area (Å²) in [4.78, 5) is 13.5. The zero-order valence-electron chi connectivity index (χ0n) is 10.2. The summed E-state index contributed by atoms with van der Waals surface area (Å²) in [6, 6.07) is 10.0. The number of carbonyl (C=O) groups is 1.